The lowest BCUT2D eigenvalue weighted by Crippen LogP contribution is -2.15. The van der Waals surface area contributed by atoms with Gasteiger partial charge in [0.25, 0.3) is 0 Å². The Balaban J connectivity index is 1.30. The third kappa shape index (κ3) is 5.17. The number of fused-ring (bicyclic) bond motifs is 1. The van der Waals surface area contributed by atoms with Crippen molar-refractivity contribution in [1.82, 2.24) is 0 Å². The lowest BCUT2D eigenvalue weighted by Gasteiger charge is -2.17. The van der Waals surface area contributed by atoms with E-state index in [4.69, 9.17) is 14.2 Å². The van der Waals surface area contributed by atoms with Gasteiger partial charge in [0.15, 0.2) is 0 Å². The summed E-state index contributed by atoms with van der Waals surface area (Å²) in [5.74, 6) is 0.871. The topological polar surface area (TPSA) is 65.0 Å². The van der Waals surface area contributed by atoms with Crippen LogP contribution in [0.3, 0.4) is 0 Å². The van der Waals surface area contributed by atoms with Gasteiger partial charge < -0.3 is 19.3 Å². The molecule has 0 spiro atoms. The highest BCUT2D eigenvalue weighted by Gasteiger charge is 2.27. The van der Waals surface area contributed by atoms with E-state index in [1.54, 1.807) is 0 Å². The monoisotopic (exact) mass is 484 g/mol. The number of benzene rings is 3. The smallest absolute Gasteiger partial charge is 0.303 e. The highest BCUT2D eigenvalue weighted by molar-refractivity contribution is 5.77. The third-order valence-corrected chi connectivity index (χ3v) is 7.08. The molecule has 3 aromatic carbocycles. The normalized spacial score (nSPS) is 18.8. The van der Waals surface area contributed by atoms with Gasteiger partial charge >= 0.3 is 5.97 Å². The van der Waals surface area contributed by atoms with Crippen LogP contribution in [0.4, 0.5) is 0 Å². The molecule has 1 fully saturated rings. The first kappa shape index (κ1) is 24.1. The molecule has 5 heteroatoms. The summed E-state index contributed by atoms with van der Waals surface area (Å²) in [6.07, 6.45) is 1.88. The van der Waals surface area contributed by atoms with E-state index in [-0.39, 0.29) is 18.4 Å². The van der Waals surface area contributed by atoms with E-state index in [9.17, 15) is 9.90 Å². The van der Waals surface area contributed by atoms with Gasteiger partial charge in [-0.1, -0.05) is 30.8 Å². The fourth-order valence-corrected chi connectivity index (χ4v) is 5.43. The molecule has 0 saturated carbocycles. The van der Waals surface area contributed by atoms with Gasteiger partial charge in [-0.2, -0.15) is 0 Å². The predicted octanol–water partition coefficient (Wildman–Crippen LogP) is 6.69. The number of aryl methyl sites for hydroxylation is 2. The van der Waals surface area contributed by atoms with Gasteiger partial charge in [-0.25, -0.2) is 0 Å². The molecular formula is C31H32O5. The molecule has 1 aliphatic carbocycles. The lowest BCUT2D eigenvalue weighted by molar-refractivity contribution is -0.137. The Labute approximate surface area is 212 Å². The summed E-state index contributed by atoms with van der Waals surface area (Å²) >= 11 is 0. The third-order valence-electron chi connectivity index (χ3n) is 7.08. The number of allylic oxidation sites excluding steroid dienone is 1. The minimum Gasteiger partial charge on any atom is -0.489 e. The van der Waals surface area contributed by atoms with E-state index in [2.05, 4.69) is 56.8 Å². The summed E-state index contributed by atoms with van der Waals surface area (Å²) in [6, 6.07) is 18.6. The fourth-order valence-electron chi connectivity index (χ4n) is 5.43. The number of carboxylic acids is 1. The van der Waals surface area contributed by atoms with Crippen molar-refractivity contribution >= 4 is 11.5 Å². The van der Waals surface area contributed by atoms with Gasteiger partial charge in [-0.3, -0.25) is 4.79 Å². The van der Waals surface area contributed by atoms with E-state index in [1.165, 1.54) is 16.7 Å². The molecule has 0 aromatic heterocycles. The van der Waals surface area contributed by atoms with Crippen molar-refractivity contribution in [2.24, 2.45) is 0 Å². The standard InChI is InChI=1S/C31H32O5/c1-19-11-24(15-30(32)33)28-8-7-25(16-29(19)28)35-17-22-5-4-6-23(14-22)31-20(2)12-27(13-21(31)3)36-26-9-10-34-18-26/h4-8,12-14,16,24,26H,1,9-11,15,17-18H2,2-3H3,(H,32,33)/t24-,26?/m1/s1. The first-order valence-electron chi connectivity index (χ1n) is 12.5. The highest BCUT2D eigenvalue weighted by atomic mass is 16.5. The van der Waals surface area contributed by atoms with Crippen LogP contribution in [0.25, 0.3) is 16.7 Å². The largest absolute Gasteiger partial charge is 0.489 e. The van der Waals surface area contributed by atoms with Gasteiger partial charge in [-0.15, -0.1) is 0 Å². The molecule has 2 atom stereocenters. The van der Waals surface area contributed by atoms with Crippen molar-refractivity contribution in [3.63, 3.8) is 0 Å². The maximum absolute atomic E-state index is 11.2. The Hall–Kier alpha value is -3.57. The zero-order valence-corrected chi connectivity index (χ0v) is 20.9. The van der Waals surface area contributed by atoms with Crippen molar-refractivity contribution in [2.45, 2.75) is 51.7 Å². The second kappa shape index (κ2) is 10.2. The Kier molecular flexibility index (Phi) is 6.84. The summed E-state index contributed by atoms with van der Waals surface area (Å²) < 4.78 is 17.7. The van der Waals surface area contributed by atoms with Crippen LogP contribution in [-0.4, -0.2) is 30.4 Å². The van der Waals surface area contributed by atoms with Crippen LogP contribution in [0.5, 0.6) is 11.5 Å². The van der Waals surface area contributed by atoms with Gasteiger partial charge in [0, 0.05) is 6.42 Å². The maximum Gasteiger partial charge on any atom is 0.303 e. The summed E-state index contributed by atoms with van der Waals surface area (Å²) in [7, 11) is 0. The number of hydrogen-bond donors (Lipinski definition) is 1. The SMILES string of the molecule is C=C1C[C@H](CC(=O)O)c2ccc(OCc3cccc(-c4c(C)cc(OC5CCOC5)cc4C)c3)cc21. The maximum atomic E-state index is 11.2. The Bertz CT molecular complexity index is 1280. The number of hydrogen-bond acceptors (Lipinski definition) is 4. The van der Waals surface area contributed by atoms with E-state index in [1.807, 2.05) is 18.2 Å². The molecule has 186 valence electrons. The first-order chi connectivity index (χ1) is 17.4. The van der Waals surface area contributed by atoms with E-state index in [0.717, 1.165) is 52.4 Å². The Morgan fingerprint density at radius 2 is 1.89 bits per heavy atom. The number of carboxylic acid groups (broad SMARTS) is 1. The second-order valence-electron chi connectivity index (χ2n) is 9.88. The van der Waals surface area contributed by atoms with Crippen molar-refractivity contribution in [1.29, 1.82) is 0 Å². The van der Waals surface area contributed by atoms with Crippen molar-refractivity contribution in [3.8, 4) is 22.6 Å². The van der Waals surface area contributed by atoms with E-state index in [0.29, 0.717) is 19.6 Å². The molecule has 1 aliphatic heterocycles. The molecule has 0 radical (unpaired) electrons. The number of ether oxygens (including phenoxy) is 3. The Morgan fingerprint density at radius 3 is 2.61 bits per heavy atom. The van der Waals surface area contributed by atoms with Crippen molar-refractivity contribution in [3.05, 3.63) is 89.0 Å². The van der Waals surface area contributed by atoms with Gasteiger partial charge in [0.2, 0.25) is 0 Å². The molecule has 5 nitrogen and oxygen atoms in total. The molecule has 1 N–H and O–H groups in total. The number of aliphatic carboxylic acids is 1. The zero-order chi connectivity index (χ0) is 25.2. The summed E-state index contributed by atoms with van der Waals surface area (Å²) in [4.78, 5) is 11.2. The number of carbonyl (C=O) groups is 1. The average Bonchev–Trinajstić information content (AvgIpc) is 3.45. The summed E-state index contributed by atoms with van der Waals surface area (Å²) in [6.45, 7) is 10.3. The van der Waals surface area contributed by atoms with Crippen LogP contribution in [0.2, 0.25) is 0 Å². The molecule has 2 aliphatic rings. The molecule has 1 saturated heterocycles. The van der Waals surface area contributed by atoms with Crippen LogP contribution in [0, 0.1) is 13.8 Å². The highest BCUT2D eigenvalue weighted by Crippen LogP contribution is 2.43. The molecule has 1 heterocycles. The predicted molar refractivity (Wildman–Crippen MR) is 141 cm³/mol. The summed E-state index contributed by atoms with van der Waals surface area (Å²) in [5.41, 5.74) is 8.84. The van der Waals surface area contributed by atoms with Crippen LogP contribution in [0.15, 0.2) is 61.2 Å². The molecule has 3 aromatic rings. The van der Waals surface area contributed by atoms with Crippen LogP contribution >= 0.6 is 0 Å². The molecule has 0 bridgehead atoms. The summed E-state index contributed by atoms with van der Waals surface area (Å²) in [5, 5.41) is 9.20. The average molecular weight is 485 g/mol. The van der Waals surface area contributed by atoms with Gasteiger partial charge in [0.1, 0.15) is 24.2 Å². The molecule has 36 heavy (non-hydrogen) atoms. The van der Waals surface area contributed by atoms with Crippen LogP contribution in [0.1, 0.15) is 53.0 Å². The van der Waals surface area contributed by atoms with Crippen molar-refractivity contribution < 1.29 is 24.1 Å². The minimum absolute atomic E-state index is 0.00880. The van der Waals surface area contributed by atoms with Crippen LogP contribution < -0.4 is 9.47 Å². The van der Waals surface area contributed by atoms with Gasteiger partial charge in [0.05, 0.1) is 19.6 Å². The van der Waals surface area contributed by atoms with Crippen molar-refractivity contribution in [2.75, 3.05) is 13.2 Å². The molecule has 1 unspecified atom stereocenters. The van der Waals surface area contributed by atoms with Crippen LogP contribution in [-0.2, 0) is 16.1 Å². The van der Waals surface area contributed by atoms with Gasteiger partial charge in [-0.05, 0) is 101 Å². The van der Waals surface area contributed by atoms with E-state index >= 15 is 0 Å². The number of rotatable bonds is 8. The second-order valence-corrected chi connectivity index (χ2v) is 9.88. The van der Waals surface area contributed by atoms with E-state index < -0.39 is 5.97 Å². The fraction of sp³-hybridized carbons (Fsp3) is 0.323. The minimum atomic E-state index is -0.781. The zero-order valence-electron chi connectivity index (χ0n) is 20.9. The molecule has 5 rings (SSSR count). The molecular weight excluding hydrogens is 452 g/mol. The lowest BCUT2D eigenvalue weighted by atomic mass is 9.94. The Morgan fingerprint density at radius 1 is 1.08 bits per heavy atom. The quantitative estimate of drug-likeness (QED) is 0.386. The molecule has 0 amide bonds. The first-order valence-corrected chi connectivity index (χ1v) is 12.5.